The van der Waals surface area contributed by atoms with Crippen molar-refractivity contribution in [1.29, 1.82) is 0 Å². The highest BCUT2D eigenvalue weighted by Gasteiger charge is 2.36. The van der Waals surface area contributed by atoms with Gasteiger partial charge in [0.25, 0.3) is 0 Å². The van der Waals surface area contributed by atoms with Crippen LogP contribution >= 0.6 is 0 Å². The van der Waals surface area contributed by atoms with Crippen LogP contribution in [0.3, 0.4) is 0 Å². The van der Waals surface area contributed by atoms with E-state index < -0.39 is 0 Å². The average Bonchev–Trinajstić information content (AvgIpc) is 2.97. The minimum absolute atomic E-state index is 0.407. The van der Waals surface area contributed by atoms with Crippen molar-refractivity contribution in [2.24, 2.45) is 0 Å². The van der Waals surface area contributed by atoms with E-state index in [1.165, 1.54) is 36.0 Å². The Morgan fingerprint density at radius 2 is 2.19 bits per heavy atom. The summed E-state index contributed by atoms with van der Waals surface area (Å²) in [6, 6.07) is 7.83. The second-order valence-electron chi connectivity index (χ2n) is 6.60. The summed E-state index contributed by atoms with van der Waals surface area (Å²) in [7, 11) is 2.08. The number of fused-ring (bicyclic) bond motifs is 1. The van der Waals surface area contributed by atoms with Crippen LogP contribution in [0.4, 0.5) is 0 Å². The van der Waals surface area contributed by atoms with Crippen molar-refractivity contribution in [3.8, 4) is 0 Å². The van der Waals surface area contributed by atoms with Gasteiger partial charge in [-0.2, -0.15) is 0 Å². The van der Waals surface area contributed by atoms with E-state index in [1.54, 1.807) is 0 Å². The molecule has 1 saturated heterocycles. The highest BCUT2D eigenvalue weighted by molar-refractivity contribution is 5.33. The quantitative estimate of drug-likeness (QED) is 0.922. The van der Waals surface area contributed by atoms with Crippen LogP contribution in [0.5, 0.6) is 0 Å². The molecule has 0 spiro atoms. The summed E-state index contributed by atoms with van der Waals surface area (Å²) in [5.41, 5.74) is 4.17. The molecule has 1 aromatic rings. The predicted molar refractivity (Wildman–Crippen MR) is 86.7 cm³/mol. The molecule has 116 valence electrons. The van der Waals surface area contributed by atoms with E-state index >= 15 is 0 Å². The smallest absolute Gasteiger partial charge is 0.0730 e. The van der Waals surface area contributed by atoms with E-state index in [2.05, 4.69) is 49.3 Å². The summed E-state index contributed by atoms with van der Waals surface area (Å²) < 4.78 is 5.93. The van der Waals surface area contributed by atoms with Crippen molar-refractivity contribution in [1.82, 2.24) is 10.2 Å². The maximum absolute atomic E-state index is 5.93. The number of hydrogen-bond donors (Lipinski definition) is 1. The van der Waals surface area contributed by atoms with Gasteiger partial charge in [-0.3, -0.25) is 4.90 Å². The third-order valence-corrected chi connectivity index (χ3v) is 5.17. The zero-order chi connectivity index (χ0) is 14.8. The fourth-order valence-electron chi connectivity index (χ4n) is 3.95. The fourth-order valence-corrected chi connectivity index (χ4v) is 3.95. The summed E-state index contributed by atoms with van der Waals surface area (Å²) in [6.07, 6.45) is 4.34. The molecule has 0 radical (unpaired) electrons. The van der Waals surface area contributed by atoms with Gasteiger partial charge in [0.1, 0.15) is 0 Å². The van der Waals surface area contributed by atoms with Crippen LogP contribution in [-0.2, 0) is 4.74 Å². The zero-order valence-electron chi connectivity index (χ0n) is 13.6. The van der Waals surface area contributed by atoms with Crippen LogP contribution < -0.4 is 5.32 Å². The van der Waals surface area contributed by atoms with Gasteiger partial charge in [-0.25, -0.2) is 0 Å². The van der Waals surface area contributed by atoms with E-state index in [-0.39, 0.29) is 0 Å². The highest BCUT2D eigenvalue weighted by Crippen LogP contribution is 2.31. The lowest BCUT2D eigenvalue weighted by molar-refractivity contribution is -0.0581. The Balaban J connectivity index is 1.76. The van der Waals surface area contributed by atoms with Crippen molar-refractivity contribution in [3.63, 3.8) is 0 Å². The number of rotatable bonds is 4. The van der Waals surface area contributed by atoms with Crippen LogP contribution in [0.1, 0.15) is 42.0 Å². The molecule has 1 aromatic carbocycles. The summed E-state index contributed by atoms with van der Waals surface area (Å²) >= 11 is 0. The minimum atomic E-state index is 0.407. The third-order valence-electron chi connectivity index (χ3n) is 5.17. The van der Waals surface area contributed by atoms with Crippen LogP contribution in [0.2, 0.25) is 0 Å². The monoisotopic (exact) mass is 288 g/mol. The number of benzene rings is 1. The molecule has 1 heterocycles. The molecule has 1 N–H and O–H groups in total. The van der Waals surface area contributed by atoms with Crippen molar-refractivity contribution < 1.29 is 4.74 Å². The number of morpholine rings is 1. The number of likely N-dealkylation sites (N-methyl/N-ethyl adjacent to an activating group) is 1. The largest absolute Gasteiger partial charge is 0.375 e. The summed E-state index contributed by atoms with van der Waals surface area (Å²) in [5, 5.41) is 3.53. The zero-order valence-corrected chi connectivity index (χ0v) is 13.6. The fraction of sp³-hybridized carbons (Fsp3) is 0.667. The lowest BCUT2D eigenvalue weighted by Gasteiger charge is -2.39. The first-order chi connectivity index (χ1) is 10.2. The summed E-state index contributed by atoms with van der Waals surface area (Å²) in [6.45, 7) is 7.45. The van der Waals surface area contributed by atoms with Crippen LogP contribution in [-0.4, -0.2) is 43.8 Å². The number of ether oxygens (including phenoxy) is 1. The second kappa shape index (κ2) is 6.47. The van der Waals surface area contributed by atoms with Gasteiger partial charge in [0, 0.05) is 25.2 Å². The van der Waals surface area contributed by atoms with Crippen LogP contribution in [0.25, 0.3) is 0 Å². The molecule has 3 rings (SSSR count). The molecule has 2 aliphatic rings. The SMILES string of the molecule is CNC(CN1CCOC2CCCC21)c1cc(C)ccc1C. The lowest BCUT2D eigenvalue weighted by Crippen LogP contribution is -2.50. The van der Waals surface area contributed by atoms with E-state index in [0.29, 0.717) is 18.2 Å². The molecule has 3 nitrogen and oxygen atoms in total. The first kappa shape index (κ1) is 15.0. The van der Waals surface area contributed by atoms with Crippen molar-refractivity contribution >= 4 is 0 Å². The Morgan fingerprint density at radius 1 is 1.33 bits per heavy atom. The normalized spacial score (nSPS) is 27.6. The minimum Gasteiger partial charge on any atom is -0.375 e. The molecule has 0 bridgehead atoms. The first-order valence-electron chi connectivity index (χ1n) is 8.29. The Labute approximate surface area is 128 Å². The van der Waals surface area contributed by atoms with Crippen molar-refractivity contribution in [3.05, 3.63) is 34.9 Å². The molecule has 3 unspecified atom stereocenters. The van der Waals surface area contributed by atoms with Gasteiger partial charge in [-0.15, -0.1) is 0 Å². The van der Waals surface area contributed by atoms with Gasteiger partial charge in [0.05, 0.1) is 12.7 Å². The van der Waals surface area contributed by atoms with Gasteiger partial charge in [-0.1, -0.05) is 23.8 Å². The molecule has 3 heteroatoms. The lowest BCUT2D eigenvalue weighted by atomic mass is 9.97. The van der Waals surface area contributed by atoms with Gasteiger partial charge in [0.2, 0.25) is 0 Å². The third kappa shape index (κ3) is 3.15. The average molecular weight is 288 g/mol. The standard InChI is InChI=1S/C18H28N2O/c1-13-7-8-14(2)15(11-13)16(19-3)12-20-9-10-21-18-6-4-5-17(18)20/h7-8,11,16-19H,4-6,9-10,12H2,1-3H3. The van der Waals surface area contributed by atoms with Crippen molar-refractivity contribution in [2.75, 3.05) is 26.7 Å². The van der Waals surface area contributed by atoms with E-state index in [9.17, 15) is 0 Å². The maximum Gasteiger partial charge on any atom is 0.0730 e. The van der Waals surface area contributed by atoms with Gasteiger partial charge in [-0.05, 0) is 51.3 Å². The molecule has 21 heavy (non-hydrogen) atoms. The number of nitrogens with one attached hydrogen (secondary N) is 1. The molecule has 1 saturated carbocycles. The molecular weight excluding hydrogens is 260 g/mol. The second-order valence-corrected chi connectivity index (χ2v) is 6.60. The Morgan fingerprint density at radius 3 is 3.00 bits per heavy atom. The topological polar surface area (TPSA) is 24.5 Å². The Bertz CT molecular complexity index is 488. The first-order valence-corrected chi connectivity index (χ1v) is 8.29. The van der Waals surface area contributed by atoms with E-state index in [0.717, 1.165) is 19.7 Å². The molecular formula is C18H28N2O. The van der Waals surface area contributed by atoms with Crippen LogP contribution in [0.15, 0.2) is 18.2 Å². The number of hydrogen-bond acceptors (Lipinski definition) is 3. The van der Waals surface area contributed by atoms with Crippen molar-refractivity contribution in [2.45, 2.75) is 51.3 Å². The molecule has 1 aliphatic carbocycles. The molecule has 1 aliphatic heterocycles. The molecule has 0 aromatic heterocycles. The van der Waals surface area contributed by atoms with Gasteiger partial charge >= 0.3 is 0 Å². The van der Waals surface area contributed by atoms with E-state index in [1.807, 2.05) is 0 Å². The summed E-state index contributed by atoms with van der Waals surface area (Å²) in [5.74, 6) is 0. The molecule has 2 fully saturated rings. The molecule has 0 amide bonds. The van der Waals surface area contributed by atoms with Gasteiger partial charge in [0.15, 0.2) is 0 Å². The Kier molecular flexibility index (Phi) is 4.63. The highest BCUT2D eigenvalue weighted by atomic mass is 16.5. The predicted octanol–water partition coefficient (Wildman–Crippen LogP) is 2.82. The Hall–Kier alpha value is -0.900. The summed E-state index contributed by atoms with van der Waals surface area (Å²) in [4.78, 5) is 2.66. The number of aryl methyl sites for hydroxylation is 2. The van der Waals surface area contributed by atoms with Gasteiger partial charge < -0.3 is 10.1 Å². The maximum atomic E-state index is 5.93. The number of nitrogens with zero attached hydrogens (tertiary/aromatic N) is 1. The van der Waals surface area contributed by atoms with Crippen LogP contribution in [0, 0.1) is 13.8 Å². The molecule has 3 atom stereocenters. The van der Waals surface area contributed by atoms with E-state index in [4.69, 9.17) is 4.74 Å².